The number of sulfone groups is 1. The van der Waals surface area contributed by atoms with E-state index in [9.17, 15) is 18.0 Å². The molecule has 4 aromatic rings. The fourth-order valence-corrected chi connectivity index (χ4v) is 8.99. The molecule has 252 valence electrons. The van der Waals surface area contributed by atoms with E-state index in [-0.39, 0.29) is 35.6 Å². The molecule has 1 saturated heterocycles. The Kier molecular flexibility index (Phi) is 10.1. The maximum Gasteiger partial charge on any atom is 0.270 e. The highest BCUT2D eigenvalue weighted by molar-refractivity contribution is 7.91. The molecule has 0 spiro atoms. The van der Waals surface area contributed by atoms with Crippen molar-refractivity contribution in [3.05, 3.63) is 108 Å². The van der Waals surface area contributed by atoms with Crippen molar-refractivity contribution in [2.24, 2.45) is 5.92 Å². The third kappa shape index (κ3) is 7.24. The number of imidazole rings is 1. The van der Waals surface area contributed by atoms with E-state index in [1.165, 1.54) is 0 Å². The number of carbonyl (C=O) groups is 2. The summed E-state index contributed by atoms with van der Waals surface area (Å²) in [4.78, 5) is 37.0. The van der Waals surface area contributed by atoms with E-state index in [1.54, 1.807) is 30.5 Å². The number of aromatic nitrogens is 2. The van der Waals surface area contributed by atoms with Gasteiger partial charge in [-0.2, -0.15) is 0 Å². The number of rotatable bonds is 11. The molecule has 2 heterocycles. The molecular formula is C38H45N5O4S. The normalized spacial score (nSPS) is 21.6. The summed E-state index contributed by atoms with van der Waals surface area (Å²) in [5.74, 6) is -0.0787. The summed E-state index contributed by atoms with van der Waals surface area (Å²) in [6, 6.07) is 27.9. The molecule has 0 unspecified atom stereocenters. The van der Waals surface area contributed by atoms with Crippen molar-refractivity contribution < 1.29 is 18.0 Å². The van der Waals surface area contributed by atoms with Gasteiger partial charge in [0.1, 0.15) is 17.6 Å². The summed E-state index contributed by atoms with van der Waals surface area (Å²) in [5, 5.41) is 3.02. The number of benzene rings is 3. The molecule has 1 saturated carbocycles. The zero-order valence-corrected chi connectivity index (χ0v) is 28.7. The Morgan fingerprint density at radius 3 is 2.25 bits per heavy atom. The van der Waals surface area contributed by atoms with E-state index in [0.29, 0.717) is 54.8 Å². The zero-order chi connectivity index (χ0) is 33.8. The quantitative estimate of drug-likeness (QED) is 0.234. The van der Waals surface area contributed by atoms with Crippen molar-refractivity contribution in [2.75, 3.05) is 19.3 Å². The number of carbonyl (C=O) groups excluding carboxylic acids is 2. The monoisotopic (exact) mass is 667 g/mol. The van der Waals surface area contributed by atoms with Crippen LogP contribution in [0.25, 0.3) is 11.4 Å². The molecule has 3 aromatic carbocycles. The molecule has 4 atom stereocenters. The molecule has 1 aromatic heterocycles. The van der Waals surface area contributed by atoms with Crippen LogP contribution in [0.2, 0.25) is 0 Å². The van der Waals surface area contributed by atoms with E-state index in [1.807, 2.05) is 76.2 Å². The SMILES string of the molecule is CC(C)N(C)[C@@H]1CC[C@H](N2CC[C@H](NC(=O)c3cnc(-c4ccccc4)n3Cc3ccccc3)C2=O)[C@H](CS(=O)(=O)c2ccccc2)C1. The lowest BCUT2D eigenvalue weighted by Crippen LogP contribution is -2.53. The highest BCUT2D eigenvalue weighted by Crippen LogP contribution is 2.36. The molecule has 48 heavy (non-hydrogen) atoms. The molecule has 9 nitrogen and oxygen atoms in total. The maximum atomic E-state index is 14.0. The first-order valence-electron chi connectivity index (χ1n) is 16.9. The van der Waals surface area contributed by atoms with Gasteiger partial charge in [0.25, 0.3) is 5.91 Å². The average molecular weight is 668 g/mol. The van der Waals surface area contributed by atoms with E-state index >= 15 is 0 Å². The van der Waals surface area contributed by atoms with Gasteiger partial charge in [-0.1, -0.05) is 78.9 Å². The molecule has 2 fully saturated rings. The first kappa shape index (κ1) is 33.6. The van der Waals surface area contributed by atoms with Gasteiger partial charge in [0.05, 0.1) is 16.8 Å². The van der Waals surface area contributed by atoms with E-state index in [2.05, 4.69) is 36.1 Å². The van der Waals surface area contributed by atoms with Gasteiger partial charge in [0, 0.05) is 36.8 Å². The molecule has 6 rings (SSSR count). The van der Waals surface area contributed by atoms with Gasteiger partial charge in [-0.05, 0) is 70.2 Å². The first-order chi connectivity index (χ1) is 23.1. The minimum atomic E-state index is -3.56. The predicted octanol–water partition coefficient (Wildman–Crippen LogP) is 5.28. The second-order valence-corrected chi connectivity index (χ2v) is 15.4. The molecular weight excluding hydrogens is 623 g/mol. The van der Waals surface area contributed by atoms with Crippen molar-refractivity contribution in [1.82, 2.24) is 24.7 Å². The van der Waals surface area contributed by atoms with Gasteiger partial charge in [0.2, 0.25) is 5.91 Å². The van der Waals surface area contributed by atoms with Crippen molar-refractivity contribution in [3.63, 3.8) is 0 Å². The van der Waals surface area contributed by atoms with Crippen LogP contribution in [0.15, 0.2) is 102 Å². The molecule has 2 aliphatic rings. The van der Waals surface area contributed by atoms with Crippen LogP contribution >= 0.6 is 0 Å². The summed E-state index contributed by atoms with van der Waals surface area (Å²) >= 11 is 0. The Morgan fingerprint density at radius 2 is 1.58 bits per heavy atom. The van der Waals surface area contributed by atoms with E-state index in [0.717, 1.165) is 17.5 Å². The lowest BCUT2D eigenvalue weighted by atomic mass is 9.81. The van der Waals surface area contributed by atoms with E-state index < -0.39 is 15.9 Å². The fourth-order valence-electron chi connectivity index (χ4n) is 7.31. The van der Waals surface area contributed by atoms with Crippen molar-refractivity contribution >= 4 is 21.7 Å². The minimum Gasteiger partial charge on any atom is -0.339 e. The summed E-state index contributed by atoms with van der Waals surface area (Å²) < 4.78 is 29.1. The fraction of sp³-hybridized carbons (Fsp3) is 0.395. The number of nitrogens with zero attached hydrogens (tertiary/aromatic N) is 4. The standard InChI is InChI=1S/C38H45N5O4S/c1-27(2)41(3)31-19-20-34(30(23-31)26-48(46,47)32-17-11-6-12-18-32)42-22-21-33(38(42)45)40-37(44)35-24-39-36(29-15-9-5-10-16-29)43(35)25-28-13-7-4-8-14-28/h4-18,24,27,30-31,33-34H,19-23,25-26H2,1-3H3,(H,40,44)/t30-,31+,33-,34-/m0/s1. The van der Waals surface area contributed by atoms with Gasteiger partial charge in [-0.3, -0.25) is 9.59 Å². The van der Waals surface area contributed by atoms with Crippen LogP contribution in [0, 0.1) is 5.92 Å². The number of amides is 2. The zero-order valence-electron chi connectivity index (χ0n) is 27.9. The molecule has 1 aliphatic carbocycles. The molecule has 0 bridgehead atoms. The Bertz CT molecular complexity index is 1810. The highest BCUT2D eigenvalue weighted by Gasteiger charge is 2.44. The third-order valence-electron chi connectivity index (χ3n) is 10.1. The second kappa shape index (κ2) is 14.5. The van der Waals surface area contributed by atoms with Crippen LogP contribution in [-0.4, -0.2) is 83.1 Å². The number of likely N-dealkylation sites (tertiary alicyclic amines) is 1. The Labute approximate surface area is 283 Å². The minimum absolute atomic E-state index is 0.0220. The lowest BCUT2D eigenvalue weighted by Gasteiger charge is -2.44. The second-order valence-electron chi connectivity index (χ2n) is 13.4. The van der Waals surface area contributed by atoms with Gasteiger partial charge >= 0.3 is 0 Å². The van der Waals surface area contributed by atoms with E-state index in [4.69, 9.17) is 0 Å². The number of nitrogens with one attached hydrogen (secondary N) is 1. The summed E-state index contributed by atoms with van der Waals surface area (Å²) in [6.45, 7) is 5.21. The predicted molar refractivity (Wildman–Crippen MR) is 187 cm³/mol. The summed E-state index contributed by atoms with van der Waals surface area (Å²) in [6.07, 6.45) is 4.32. The molecule has 2 amide bonds. The Hall–Kier alpha value is -4.28. The van der Waals surface area contributed by atoms with Gasteiger partial charge in [-0.15, -0.1) is 0 Å². The van der Waals surface area contributed by atoms with Crippen LogP contribution in [0.4, 0.5) is 0 Å². The van der Waals surface area contributed by atoms with Gasteiger partial charge in [0.15, 0.2) is 9.84 Å². The molecule has 10 heteroatoms. The Morgan fingerprint density at radius 1 is 0.938 bits per heavy atom. The largest absolute Gasteiger partial charge is 0.339 e. The summed E-state index contributed by atoms with van der Waals surface area (Å²) in [5.41, 5.74) is 2.30. The molecule has 1 N–H and O–H groups in total. The smallest absolute Gasteiger partial charge is 0.270 e. The maximum absolute atomic E-state index is 14.0. The van der Waals surface area contributed by atoms with Crippen molar-refractivity contribution in [1.29, 1.82) is 0 Å². The van der Waals surface area contributed by atoms with Crippen LogP contribution in [-0.2, 0) is 21.2 Å². The van der Waals surface area contributed by atoms with Crippen LogP contribution in [0.5, 0.6) is 0 Å². The third-order valence-corrected chi connectivity index (χ3v) is 11.9. The van der Waals surface area contributed by atoms with Gasteiger partial charge < -0.3 is 19.7 Å². The topological polar surface area (TPSA) is 105 Å². The average Bonchev–Trinajstić information content (AvgIpc) is 3.68. The van der Waals surface area contributed by atoms with Gasteiger partial charge in [-0.25, -0.2) is 13.4 Å². The number of hydrogen-bond donors (Lipinski definition) is 1. The summed E-state index contributed by atoms with van der Waals surface area (Å²) in [7, 11) is -1.47. The molecule has 0 radical (unpaired) electrons. The Balaban J connectivity index is 1.21. The van der Waals surface area contributed by atoms with Crippen LogP contribution in [0.3, 0.4) is 0 Å². The van der Waals surface area contributed by atoms with Crippen molar-refractivity contribution in [2.45, 2.75) is 75.1 Å². The lowest BCUT2D eigenvalue weighted by molar-refractivity contribution is -0.133. The number of hydrogen-bond acceptors (Lipinski definition) is 6. The van der Waals surface area contributed by atoms with Crippen LogP contribution < -0.4 is 5.32 Å². The first-order valence-corrected chi connectivity index (χ1v) is 18.5. The van der Waals surface area contributed by atoms with Crippen molar-refractivity contribution in [3.8, 4) is 11.4 Å². The highest BCUT2D eigenvalue weighted by atomic mass is 32.2. The molecule has 1 aliphatic heterocycles. The van der Waals surface area contributed by atoms with Crippen LogP contribution in [0.1, 0.15) is 55.6 Å².